The second-order valence-electron chi connectivity index (χ2n) is 5.57. The highest BCUT2D eigenvalue weighted by Gasteiger charge is 2.60. The summed E-state index contributed by atoms with van der Waals surface area (Å²) in [5.41, 5.74) is 0.126. The van der Waals surface area contributed by atoms with Gasteiger partial charge in [-0.25, -0.2) is 0 Å². The van der Waals surface area contributed by atoms with Gasteiger partial charge in [-0.1, -0.05) is 12.2 Å². The van der Waals surface area contributed by atoms with Gasteiger partial charge in [-0.2, -0.15) is 0 Å². The fourth-order valence-corrected chi connectivity index (χ4v) is 3.44. The van der Waals surface area contributed by atoms with Crippen molar-refractivity contribution in [2.45, 2.75) is 63.8 Å². The highest BCUT2D eigenvalue weighted by Crippen LogP contribution is 2.54. The Balaban J connectivity index is 2.34. The first-order chi connectivity index (χ1) is 6.89. The molecule has 1 saturated carbocycles. The summed E-state index contributed by atoms with van der Waals surface area (Å²) in [6.07, 6.45) is 4.14. The molecule has 0 radical (unpaired) electrons. The van der Waals surface area contributed by atoms with Gasteiger partial charge in [0.2, 0.25) is 0 Å². The molecule has 1 saturated heterocycles. The maximum atomic E-state index is 10.5. The van der Waals surface area contributed by atoms with Gasteiger partial charge >= 0.3 is 0 Å². The lowest BCUT2D eigenvalue weighted by Crippen LogP contribution is -2.51. The minimum atomic E-state index is -0.679. The van der Waals surface area contributed by atoms with E-state index in [1.165, 1.54) is 0 Å². The lowest BCUT2D eigenvalue weighted by atomic mass is 9.77. The second kappa shape index (κ2) is 3.33. The number of rotatable bonds is 1. The number of aliphatic hydroxyl groups is 1. The van der Waals surface area contributed by atoms with Crippen LogP contribution in [-0.4, -0.2) is 22.4 Å². The maximum absolute atomic E-state index is 10.5. The Morgan fingerprint density at radius 1 is 1.40 bits per heavy atom. The first-order valence-corrected chi connectivity index (χ1v) is 5.95. The normalized spacial score (nSPS) is 50.1. The first kappa shape index (κ1) is 11.2. The van der Waals surface area contributed by atoms with E-state index in [2.05, 4.69) is 20.4 Å². The van der Waals surface area contributed by atoms with Gasteiger partial charge in [0, 0.05) is 5.92 Å². The van der Waals surface area contributed by atoms with Gasteiger partial charge in [0.05, 0.1) is 11.7 Å². The zero-order valence-electron chi connectivity index (χ0n) is 10.0. The van der Waals surface area contributed by atoms with Gasteiger partial charge in [0.25, 0.3) is 0 Å². The van der Waals surface area contributed by atoms with Crippen LogP contribution in [0.2, 0.25) is 0 Å². The second-order valence-corrected chi connectivity index (χ2v) is 5.57. The summed E-state index contributed by atoms with van der Waals surface area (Å²) in [6, 6.07) is 0. The SMILES string of the molecule is C=C(C)C1CCC(C)(O)C12CCC(C)O2. The fraction of sp³-hybridized carbons (Fsp3) is 0.846. The quantitative estimate of drug-likeness (QED) is 0.674. The Hall–Kier alpha value is -0.340. The van der Waals surface area contributed by atoms with Crippen molar-refractivity contribution in [1.82, 2.24) is 0 Å². The standard InChI is InChI=1S/C13H22O2/c1-9(2)11-6-7-12(4,14)13(11)8-5-10(3)15-13/h10-11,14H,1,5-8H2,2-4H3. The minimum Gasteiger partial charge on any atom is -0.387 e. The van der Waals surface area contributed by atoms with Crippen molar-refractivity contribution in [2.75, 3.05) is 0 Å². The van der Waals surface area contributed by atoms with Gasteiger partial charge < -0.3 is 9.84 Å². The molecule has 15 heavy (non-hydrogen) atoms. The molecular formula is C13H22O2. The molecule has 2 aliphatic rings. The molecular weight excluding hydrogens is 188 g/mol. The summed E-state index contributed by atoms with van der Waals surface area (Å²) in [5, 5.41) is 10.5. The minimum absolute atomic E-state index is 0.274. The molecule has 0 aromatic carbocycles. The van der Waals surface area contributed by atoms with E-state index in [-0.39, 0.29) is 11.7 Å². The van der Waals surface area contributed by atoms with Crippen LogP contribution >= 0.6 is 0 Å². The molecule has 4 atom stereocenters. The van der Waals surface area contributed by atoms with Crippen molar-refractivity contribution in [3.8, 4) is 0 Å². The molecule has 0 bridgehead atoms. The molecule has 1 spiro atoms. The average Bonchev–Trinajstić information content (AvgIpc) is 2.58. The van der Waals surface area contributed by atoms with Crippen molar-refractivity contribution in [3.05, 3.63) is 12.2 Å². The summed E-state index contributed by atoms with van der Waals surface area (Å²) < 4.78 is 6.09. The zero-order valence-corrected chi connectivity index (χ0v) is 10.0. The Labute approximate surface area is 92.3 Å². The lowest BCUT2D eigenvalue weighted by Gasteiger charge is -2.40. The van der Waals surface area contributed by atoms with E-state index in [1.807, 2.05) is 6.92 Å². The molecule has 86 valence electrons. The predicted octanol–water partition coefficient (Wildman–Crippen LogP) is 2.66. The molecule has 0 amide bonds. The van der Waals surface area contributed by atoms with E-state index >= 15 is 0 Å². The molecule has 2 nitrogen and oxygen atoms in total. The Morgan fingerprint density at radius 3 is 2.53 bits per heavy atom. The summed E-state index contributed by atoms with van der Waals surface area (Å²) in [4.78, 5) is 0. The van der Waals surface area contributed by atoms with Crippen molar-refractivity contribution >= 4 is 0 Å². The summed E-state index contributed by atoms with van der Waals surface area (Å²) in [5.74, 6) is 0.331. The average molecular weight is 210 g/mol. The summed E-state index contributed by atoms with van der Waals surface area (Å²) >= 11 is 0. The molecule has 1 heterocycles. The molecule has 0 aromatic heterocycles. The Morgan fingerprint density at radius 2 is 2.07 bits per heavy atom. The molecule has 2 rings (SSSR count). The summed E-state index contributed by atoms with van der Waals surface area (Å²) in [7, 11) is 0. The van der Waals surface area contributed by atoms with Crippen LogP contribution in [0.4, 0.5) is 0 Å². The highest BCUT2D eigenvalue weighted by atomic mass is 16.5. The Bertz CT molecular complexity index is 282. The lowest BCUT2D eigenvalue weighted by molar-refractivity contribution is -0.160. The monoisotopic (exact) mass is 210 g/mol. The molecule has 0 aromatic rings. The molecule has 1 aliphatic carbocycles. The van der Waals surface area contributed by atoms with Crippen LogP contribution in [-0.2, 0) is 4.74 Å². The van der Waals surface area contributed by atoms with Crippen LogP contribution in [0.25, 0.3) is 0 Å². The molecule has 1 N–H and O–H groups in total. The van der Waals surface area contributed by atoms with Crippen LogP contribution < -0.4 is 0 Å². The van der Waals surface area contributed by atoms with E-state index in [9.17, 15) is 5.11 Å². The topological polar surface area (TPSA) is 29.5 Å². The predicted molar refractivity (Wildman–Crippen MR) is 60.7 cm³/mol. The third kappa shape index (κ3) is 1.46. The number of ether oxygens (including phenoxy) is 1. The zero-order chi connectivity index (χ0) is 11.3. The van der Waals surface area contributed by atoms with Crippen LogP contribution in [0, 0.1) is 5.92 Å². The Kier molecular flexibility index (Phi) is 2.47. The molecule has 4 unspecified atom stereocenters. The van der Waals surface area contributed by atoms with Gasteiger partial charge in [0.15, 0.2) is 0 Å². The molecule has 2 heteroatoms. The third-order valence-corrected chi connectivity index (χ3v) is 4.32. The van der Waals surface area contributed by atoms with E-state index < -0.39 is 5.60 Å². The van der Waals surface area contributed by atoms with Crippen LogP contribution in [0.3, 0.4) is 0 Å². The van der Waals surface area contributed by atoms with Gasteiger partial charge in [0.1, 0.15) is 5.60 Å². The van der Waals surface area contributed by atoms with Gasteiger partial charge in [-0.05, 0) is 46.5 Å². The highest BCUT2D eigenvalue weighted by molar-refractivity contribution is 5.19. The summed E-state index contributed by atoms with van der Waals surface area (Å²) in [6.45, 7) is 10.1. The van der Waals surface area contributed by atoms with Gasteiger partial charge in [-0.3, -0.25) is 0 Å². The van der Waals surface area contributed by atoms with Crippen molar-refractivity contribution in [1.29, 1.82) is 0 Å². The smallest absolute Gasteiger partial charge is 0.103 e. The van der Waals surface area contributed by atoms with Crippen LogP contribution in [0.15, 0.2) is 12.2 Å². The third-order valence-electron chi connectivity index (χ3n) is 4.32. The first-order valence-electron chi connectivity index (χ1n) is 5.95. The largest absolute Gasteiger partial charge is 0.387 e. The van der Waals surface area contributed by atoms with Crippen molar-refractivity contribution in [3.63, 3.8) is 0 Å². The maximum Gasteiger partial charge on any atom is 0.103 e. The van der Waals surface area contributed by atoms with Crippen LogP contribution in [0.5, 0.6) is 0 Å². The van der Waals surface area contributed by atoms with Crippen molar-refractivity contribution in [2.24, 2.45) is 5.92 Å². The van der Waals surface area contributed by atoms with E-state index in [0.29, 0.717) is 5.92 Å². The number of hydrogen-bond donors (Lipinski definition) is 1. The molecule has 2 fully saturated rings. The fourth-order valence-electron chi connectivity index (χ4n) is 3.44. The van der Waals surface area contributed by atoms with E-state index in [4.69, 9.17) is 4.74 Å². The van der Waals surface area contributed by atoms with Crippen molar-refractivity contribution < 1.29 is 9.84 Å². The van der Waals surface area contributed by atoms with Crippen LogP contribution in [0.1, 0.15) is 46.5 Å². The number of hydrogen-bond acceptors (Lipinski definition) is 2. The molecule has 1 aliphatic heterocycles. The van der Waals surface area contributed by atoms with E-state index in [0.717, 1.165) is 31.3 Å². The van der Waals surface area contributed by atoms with Gasteiger partial charge in [-0.15, -0.1) is 0 Å². The van der Waals surface area contributed by atoms with E-state index in [1.54, 1.807) is 0 Å².